The Morgan fingerprint density at radius 1 is 1.09 bits per heavy atom. The molecule has 1 spiro atoms. The molecule has 0 atom stereocenters. The summed E-state index contributed by atoms with van der Waals surface area (Å²) in [4.78, 5) is 50.0. The third-order valence-corrected chi connectivity index (χ3v) is 5.88. The smallest absolute Gasteiger partial charge is 0.353 e. The lowest BCUT2D eigenvalue weighted by atomic mass is 9.77. The van der Waals surface area contributed by atoms with Crippen LogP contribution in [0, 0.1) is 5.92 Å². The van der Waals surface area contributed by atoms with E-state index in [1.807, 2.05) is 0 Å². The second-order valence-electron chi connectivity index (χ2n) is 8.27. The maximum absolute atomic E-state index is 12.7. The number of carbonyl (C=O) groups excluding carboxylic acids is 4. The van der Waals surface area contributed by atoms with Gasteiger partial charge in [-0.1, -0.05) is 6.92 Å². The van der Waals surface area contributed by atoms with Crippen molar-refractivity contribution in [3.63, 3.8) is 0 Å². The third-order valence-electron chi connectivity index (χ3n) is 5.88. The average molecular weight is 454 g/mol. The summed E-state index contributed by atoms with van der Waals surface area (Å²) in [5, 5.41) is 7.73. The topological polar surface area (TPSA) is 108 Å². The molecule has 1 aromatic rings. The molecule has 1 aromatic carbocycles. The summed E-state index contributed by atoms with van der Waals surface area (Å²) in [5.41, 5.74) is -1.72. The molecule has 5 amide bonds. The second kappa shape index (κ2) is 9.17. The Hall–Kier alpha value is -3.11. The first kappa shape index (κ1) is 23.6. The monoisotopic (exact) mass is 454 g/mol. The van der Waals surface area contributed by atoms with Crippen LogP contribution >= 0.6 is 0 Å². The van der Waals surface area contributed by atoms with Gasteiger partial charge in [0.25, 0.3) is 11.8 Å². The molecular weight excluding hydrogens is 429 g/mol. The van der Waals surface area contributed by atoms with E-state index in [0.717, 1.165) is 42.0 Å². The van der Waals surface area contributed by atoms with Gasteiger partial charge in [0.05, 0.1) is 5.56 Å². The minimum atomic E-state index is -4.48. The van der Waals surface area contributed by atoms with Crippen molar-refractivity contribution in [1.82, 2.24) is 20.9 Å². The van der Waals surface area contributed by atoms with Crippen LogP contribution in [0.4, 0.5) is 18.0 Å². The standard InChI is InChI=1S/C21H25F3N4O4/c1-13-6-8-20(9-7-13)18(31)28(19(32)27-20)12-16(29)25-10-11-26-17(30)14-2-4-15(5-3-14)21(22,23)24/h2-5,13H,6-12H2,1H3,(H,25,29)(H,26,30)(H,27,32). The van der Waals surface area contributed by atoms with Gasteiger partial charge in [-0.05, 0) is 55.9 Å². The zero-order valence-electron chi connectivity index (χ0n) is 17.6. The minimum absolute atomic E-state index is 0.0214. The van der Waals surface area contributed by atoms with Crippen LogP contribution in [0.3, 0.4) is 0 Å². The fourth-order valence-corrected chi connectivity index (χ4v) is 3.90. The number of urea groups is 1. The van der Waals surface area contributed by atoms with Crippen molar-refractivity contribution in [3.8, 4) is 0 Å². The first-order valence-corrected chi connectivity index (χ1v) is 10.4. The molecule has 2 fully saturated rings. The average Bonchev–Trinajstić information content (AvgIpc) is 2.97. The van der Waals surface area contributed by atoms with Crippen LogP contribution in [0.25, 0.3) is 0 Å². The van der Waals surface area contributed by atoms with Crippen LogP contribution < -0.4 is 16.0 Å². The van der Waals surface area contributed by atoms with Gasteiger partial charge in [-0.2, -0.15) is 13.2 Å². The van der Waals surface area contributed by atoms with Gasteiger partial charge in [0.1, 0.15) is 12.1 Å². The summed E-state index contributed by atoms with van der Waals surface area (Å²) in [7, 11) is 0. The van der Waals surface area contributed by atoms with Crippen LogP contribution in [0.5, 0.6) is 0 Å². The molecule has 0 unspecified atom stereocenters. The van der Waals surface area contributed by atoms with Gasteiger partial charge in [-0.15, -0.1) is 0 Å². The summed E-state index contributed by atoms with van der Waals surface area (Å²) in [5.74, 6) is -1.05. The van der Waals surface area contributed by atoms with E-state index >= 15 is 0 Å². The van der Waals surface area contributed by atoms with E-state index in [1.165, 1.54) is 0 Å². The molecule has 174 valence electrons. The van der Waals surface area contributed by atoms with Crippen LogP contribution in [0.1, 0.15) is 48.5 Å². The molecule has 2 aliphatic rings. The van der Waals surface area contributed by atoms with E-state index in [1.54, 1.807) is 0 Å². The van der Waals surface area contributed by atoms with Gasteiger partial charge in [0.2, 0.25) is 5.91 Å². The van der Waals surface area contributed by atoms with E-state index in [4.69, 9.17) is 0 Å². The highest BCUT2D eigenvalue weighted by Gasteiger charge is 2.52. The molecule has 0 aromatic heterocycles. The molecule has 0 bridgehead atoms. The highest BCUT2D eigenvalue weighted by atomic mass is 19.4. The Morgan fingerprint density at radius 2 is 1.69 bits per heavy atom. The summed E-state index contributed by atoms with van der Waals surface area (Å²) < 4.78 is 37.7. The summed E-state index contributed by atoms with van der Waals surface area (Å²) in [6.07, 6.45) is -1.74. The molecule has 1 aliphatic heterocycles. The number of amides is 5. The summed E-state index contributed by atoms with van der Waals surface area (Å²) in [6.45, 7) is 1.72. The molecule has 11 heteroatoms. The lowest BCUT2D eigenvalue weighted by molar-refractivity contribution is -0.137. The molecule has 8 nitrogen and oxygen atoms in total. The van der Waals surface area contributed by atoms with Crippen molar-refractivity contribution < 1.29 is 32.3 Å². The van der Waals surface area contributed by atoms with Gasteiger partial charge in [-0.3, -0.25) is 19.3 Å². The zero-order chi connectivity index (χ0) is 23.5. The molecule has 1 aliphatic carbocycles. The van der Waals surface area contributed by atoms with Crippen molar-refractivity contribution >= 4 is 23.8 Å². The first-order valence-electron chi connectivity index (χ1n) is 10.4. The Morgan fingerprint density at radius 3 is 2.28 bits per heavy atom. The first-order chi connectivity index (χ1) is 15.0. The maximum atomic E-state index is 12.7. The fraction of sp³-hybridized carbons (Fsp3) is 0.524. The van der Waals surface area contributed by atoms with Crippen molar-refractivity contribution in [2.24, 2.45) is 5.92 Å². The van der Waals surface area contributed by atoms with Gasteiger partial charge in [-0.25, -0.2) is 4.79 Å². The van der Waals surface area contributed by atoms with Crippen molar-refractivity contribution in [2.45, 2.75) is 44.3 Å². The van der Waals surface area contributed by atoms with E-state index in [0.29, 0.717) is 18.8 Å². The molecule has 3 N–H and O–H groups in total. The van der Waals surface area contributed by atoms with Crippen molar-refractivity contribution in [1.29, 1.82) is 0 Å². The van der Waals surface area contributed by atoms with Gasteiger partial charge >= 0.3 is 12.2 Å². The number of carbonyl (C=O) groups is 4. The number of halogens is 3. The highest BCUT2D eigenvalue weighted by Crippen LogP contribution is 2.36. The van der Waals surface area contributed by atoms with Crippen LogP contribution in [0.2, 0.25) is 0 Å². The predicted octanol–water partition coefficient (Wildman–Crippen LogP) is 2.05. The Labute approximate surface area is 182 Å². The lowest BCUT2D eigenvalue weighted by Gasteiger charge is -2.33. The fourth-order valence-electron chi connectivity index (χ4n) is 3.90. The number of alkyl halides is 3. The Balaban J connectivity index is 1.42. The third kappa shape index (κ3) is 5.20. The molecule has 3 rings (SSSR count). The number of imide groups is 1. The number of hydrogen-bond acceptors (Lipinski definition) is 4. The van der Waals surface area contributed by atoms with Crippen molar-refractivity contribution in [3.05, 3.63) is 35.4 Å². The zero-order valence-corrected chi connectivity index (χ0v) is 17.6. The van der Waals surface area contributed by atoms with Crippen LogP contribution in [0.15, 0.2) is 24.3 Å². The number of hydrogen-bond donors (Lipinski definition) is 3. The van der Waals surface area contributed by atoms with Crippen molar-refractivity contribution in [2.75, 3.05) is 19.6 Å². The SMILES string of the molecule is CC1CCC2(CC1)NC(=O)N(CC(=O)NCCNC(=O)c1ccc(C(F)(F)F)cc1)C2=O. The summed E-state index contributed by atoms with van der Waals surface area (Å²) in [6, 6.07) is 3.17. The molecule has 0 radical (unpaired) electrons. The molecule has 1 saturated carbocycles. The molecule has 1 saturated heterocycles. The number of nitrogens with one attached hydrogen (secondary N) is 3. The second-order valence-corrected chi connectivity index (χ2v) is 8.27. The van der Waals surface area contributed by atoms with E-state index < -0.39 is 41.7 Å². The molecular formula is C21H25F3N4O4. The van der Waals surface area contributed by atoms with Crippen LogP contribution in [-0.4, -0.2) is 53.8 Å². The maximum Gasteiger partial charge on any atom is 0.416 e. The summed E-state index contributed by atoms with van der Waals surface area (Å²) >= 11 is 0. The minimum Gasteiger partial charge on any atom is -0.353 e. The van der Waals surface area contributed by atoms with Crippen LogP contribution in [-0.2, 0) is 15.8 Å². The number of rotatable bonds is 6. The van der Waals surface area contributed by atoms with E-state index in [9.17, 15) is 32.3 Å². The van der Waals surface area contributed by atoms with E-state index in [-0.39, 0.29) is 24.6 Å². The Bertz CT molecular complexity index is 893. The van der Waals surface area contributed by atoms with Gasteiger partial charge < -0.3 is 16.0 Å². The normalized spacial score (nSPS) is 23.2. The molecule has 32 heavy (non-hydrogen) atoms. The highest BCUT2D eigenvalue weighted by molar-refractivity contribution is 6.09. The Kier molecular flexibility index (Phi) is 6.75. The molecule has 1 heterocycles. The predicted molar refractivity (Wildman–Crippen MR) is 107 cm³/mol. The van der Waals surface area contributed by atoms with Gasteiger partial charge in [0.15, 0.2) is 0 Å². The van der Waals surface area contributed by atoms with E-state index in [2.05, 4.69) is 22.9 Å². The quantitative estimate of drug-likeness (QED) is 0.452. The number of nitrogens with zero attached hydrogens (tertiary/aromatic N) is 1. The lowest BCUT2D eigenvalue weighted by Crippen LogP contribution is -2.50. The number of benzene rings is 1. The van der Waals surface area contributed by atoms with Gasteiger partial charge in [0, 0.05) is 18.7 Å². The largest absolute Gasteiger partial charge is 0.416 e.